The third-order valence-electron chi connectivity index (χ3n) is 2.25. The van der Waals surface area contributed by atoms with Crippen molar-refractivity contribution in [3.05, 3.63) is 39.6 Å². The van der Waals surface area contributed by atoms with Crippen molar-refractivity contribution in [2.75, 3.05) is 13.2 Å². The summed E-state index contributed by atoms with van der Waals surface area (Å²) in [6.45, 7) is 3.54. The van der Waals surface area contributed by atoms with Gasteiger partial charge in [0.15, 0.2) is 0 Å². The summed E-state index contributed by atoms with van der Waals surface area (Å²) in [5.74, 6) is -1.98. The Hall–Kier alpha value is -1.69. The molecule has 0 aromatic heterocycles. The maximum Gasteiger partial charge on any atom is 0.345 e. The van der Waals surface area contributed by atoms with Crippen molar-refractivity contribution < 1.29 is 23.5 Å². The number of esters is 2. The van der Waals surface area contributed by atoms with Gasteiger partial charge in [-0.15, -0.1) is 0 Å². The predicted octanol–water partition coefficient (Wildman–Crippen LogP) is 3.10. The van der Waals surface area contributed by atoms with Crippen molar-refractivity contribution >= 4 is 33.9 Å². The molecule has 0 aliphatic heterocycles. The first kappa shape index (κ1) is 16.4. The zero-order valence-corrected chi connectivity index (χ0v) is 12.7. The molecule has 0 N–H and O–H groups in total. The lowest BCUT2D eigenvalue weighted by atomic mass is 10.1. The first-order valence-electron chi connectivity index (χ1n) is 6.00. The molecule has 6 heteroatoms. The fraction of sp³-hybridized carbons (Fsp3) is 0.286. The van der Waals surface area contributed by atoms with Crippen LogP contribution in [-0.2, 0) is 19.1 Å². The van der Waals surface area contributed by atoms with Gasteiger partial charge in [-0.05, 0) is 37.6 Å². The summed E-state index contributed by atoms with van der Waals surface area (Å²) in [6.07, 6.45) is 1.31. The van der Waals surface area contributed by atoms with Crippen LogP contribution in [0.5, 0.6) is 0 Å². The van der Waals surface area contributed by atoms with Crippen molar-refractivity contribution in [3.63, 3.8) is 0 Å². The summed E-state index contributed by atoms with van der Waals surface area (Å²) in [6, 6.07) is 3.90. The van der Waals surface area contributed by atoms with E-state index in [1.807, 2.05) is 0 Å². The Morgan fingerprint density at radius 1 is 1.20 bits per heavy atom. The molecular weight excluding hydrogens is 331 g/mol. The number of hydrogen-bond acceptors (Lipinski definition) is 4. The maximum absolute atomic E-state index is 13.0. The summed E-state index contributed by atoms with van der Waals surface area (Å²) >= 11 is 3.16. The minimum absolute atomic E-state index is 0.139. The van der Waals surface area contributed by atoms with Crippen LogP contribution in [0.15, 0.2) is 28.2 Å². The van der Waals surface area contributed by atoms with Gasteiger partial charge >= 0.3 is 11.9 Å². The molecular formula is C14H14BrFO4. The van der Waals surface area contributed by atoms with E-state index in [2.05, 4.69) is 15.9 Å². The molecule has 4 nitrogen and oxygen atoms in total. The number of carbonyl (C=O) groups excluding carboxylic acids is 2. The van der Waals surface area contributed by atoms with Gasteiger partial charge in [0, 0.05) is 4.47 Å². The number of hydrogen-bond donors (Lipinski definition) is 0. The van der Waals surface area contributed by atoms with Crippen LogP contribution < -0.4 is 0 Å². The van der Waals surface area contributed by atoms with E-state index in [-0.39, 0.29) is 18.8 Å². The number of benzene rings is 1. The minimum atomic E-state index is -0.776. The lowest BCUT2D eigenvalue weighted by molar-refractivity contribution is -0.146. The van der Waals surface area contributed by atoms with Crippen LogP contribution in [0, 0.1) is 5.82 Å². The molecule has 0 atom stereocenters. The molecule has 0 bridgehead atoms. The molecule has 0 unspecified atom stereocenters. The van der Waals surface area contributed by atoms with Crippen LogP contribution in [0.2, 0.25) is 0 Å². The normalized spacial score (nSPS) is 9.80. The Balaban J connectivity index is 3.17. The highest BCUT2D eigenvalue weighted by molar-refractivity contribution is 9.10. The second-order valence-corrected chi connectivity index (χ2v) is 4.52. The summed E-state index contributed by atoms with van der Waals surface area (Å²) in [7, 11) is 0. The smallest absolute Gasteiger partial charge is 0.345 e. The van der Waals surface area contributed by atoms with Crippen LogP contribution in [-0.4, -0.2) is 25.2 Å². The number of ether oxygens (including phenoxy) is 2. The van der Waals surface area contributed by atoms with Gasteiger partial charge in [0.1, 0.15) is 11.4 Å². The van der Waals surface area contributed by atoms with Gasteiger partial charge in [-0.25, -0.2) is 14.0 Å². The van der Waals surface area contributed by atoms with Crippen LogP contribution in [0.1, 0.15) is 19.4 Å². The van der Waals surface area contributed by atoms with Gasteiger partial charge < -0.3 is 9.47 Å². The van der Waals surface area contributed by atoms with Crippen LogP contribution in [0.4, 0.5) is 4.39 Å². The van der Waals surface area contributed by atoms with Gasteiger partial charge in [0.25, 0.3) is 0 Å². The van der Waals surface area contributed by atoms with Crippen molar-refractivity contribution in [1.29, 1.82) is 0 Å². The second-order valence-electron chi connectivity index (χ2n) is 3.66. The summed E-state index contributed by atoms with van der Waals surface area (Å²) in [5.41, 5.74) is 0.239. The minimum Gasteiger partial charge on any atom is -0.462 e. The lowest BCUT2D eigenvalue weighted by Gasteiger charge is -2.07. The molecule has 1 aromatic rings. The Morgan fingerprint density at radius 3 is 2.20 bits per heavy atom. The molecule has 108 valence electrons. The number of rotatable bonds is 5. The number of carbonyl (C=O) groups is 2. The predicted molar refractivity (Wildman–Crippen MR) is 75.3 cm³/mol. The molecule has 0 saturated carbocycles. The first-order chi connectivity index (χ1) is 9.49. The van der Waals surface area contributed by atoms with Crippen molar-refractivity contribution in [1.82, 2.24) is 0 Å². The van der Waals surface area contributed by atoms with Crippen LogP contribution in [0.25, 0.3) is 6.08 Å². The molecule has 1 rings (SSSR count). The molecule has 0 saturated heterocycles. The molecule has 1 aromatic carbocycles. The Bertz CT molecular complexity index is 520. The van der Waals surface area contributed by atoms with Crippen LogP contribution >= 0.6 is 15.9 Å². The van der Waals surface area contributed by atoms with Gasteiger partial charge in [-0.2, -0.15) is 0 Å². The second kappa shape index (κ2) is 7.79. The third kappa shape index (κ3) is 4.45. The quantitative estimate of drug-likeness (QED) is 0.356. The molecule has 0 spiro atoms. The van der Waals surface area contributed by atoms with E-state index >= 15 is 0 Å². The van der Waals surface area contributed by atoms with Gasteiger partial charge in [0.2, 0.25) is 0 Å². The van der Waals surface area contributed by atoms with Crippen molar-refractivity contribution in [2.45, 2.75) is 13.8 Å². The standard InChI is InChI=1S/C14H14BrFO4/c1-3-19-13(17)11(14(18)20-4-2)7-9-5-6-10(16)8-12(9)15/h5-8H,3-4H2,1-2H3. The molecule has 0 fully saturated rings. The van der Waals surface area contributed by atoms with Gasteiger partial charge in [-0.3, -0.25) is 0 Å². The van der Waals surface area contributed by atoms with E-state index < -0.39 is 17.8 Å². The highest BCUT2D eigenvalue weighted by Crippen LogP contribution is 2.21. The Labute approximate surface area is 124 Å². The lowest BCUT2D eigenvalue weighted by Crippen LogP contribution is -2.18. The van der Waals surface area contributed by atoms with E-state index in [9.17, 15) is 14.0 Å². The maximum atomic E-state index is 13.0. The van der Waals surface area contributed by atoms with E-state index in [1.54, 1.807) is 13.8 Å². The molecule has 0 amide bonds. The summed E-state index contributed by atoms with van der Waals surface area (Å²) in [5, 5.41) is 0. The Morgan fingerprint density at radius 2 is 1.75 bits per heavy atom. The molecule has 0 aliphatic carbocycles. The van der Waals surface area contributed by atoms with E-state index in [1.165, 1.54) is 24.3 Å². The summed E-state index contributed by atoms with van der Waals surface area (Å²) in [4.78, 5) is 23.5. The fourth-order valence-corrected chi connectivity index (χ4v) is 1.86. The van der Waals surface area contributed by atoms with E-state index in [4.69, 9.17) is 9.47 Å². The first-order valence-corrected chi connectivity index (χ1v) is 6.79. The van der Waals surface area contributed by atoms with E-state index in [0.29, 0.717) is 10.0 Å². The molecule has 0 aliphatic rings. The zero-order chi connectivity index (χ0) is 15.1. The van der Waals surface area contributed by atoms with Crippen molar-refractivity contribution in [3.8, 4) is 0 Å². The third-order valence-corrected chi connectivity index (χ3v) is 2.94. The fourth-order valence-electron chi connectivity index (χ4n) is 1.39. The largest absolute Gasteiger partial charge is 0.462 e. The van der Waals surface area contributed by atoms with E-state index in [0.717, 1.165) is 0 Å². The zero-order valence-electron chi connectivity index (χ0n) is 11.1. The van der Waals surface area contributed by atoms with Gasteiger partial charge in [-0.1, -0.05) is 22.0 Å². The average Bonchev–Trinajstić information content (AvgIpc) is 2.38. The average molecular weight is 345 g/mol. The summed E-state index contributed by atoms with van der Waals surface area (Å²) < 4.78 is 23.0. The van der Waals surface area contributed by atoms with Crippen molar-refractivity contribution in [2.24, 2.45) is 0 Å². The highest BCUT2D eigenvalue weighted by Gasteiger charge is 2.21. The molecule has 20 heavy (non-hydrogen) atoms. The van der Waals surface area contributed by atoms with Crippen LogP contribution in [0.3, 0.4) is 0 Å². The van der Waals surface area contributed by atoms with Gasteiger partial charge in [0.05, 0.1) is 13.2 Å². The molecule has 0 radical (unpaired) electrons. The highest BCUT2D eigenvalue weighted by atomic mass is 79.9. The number of halogens is 2. The Kier molecular flexibility index (Phi) is 6.38. The topological polar surface area (TPSA) is 52.6 Å². The SMILES string of the molecule is CCOC(=O)C(=Cc1ccc(F)cc1Br)C(=O)OCC. The monoisotopic (exact) mass is 344 g/mol. The molecule has 0 heterocycles.